The molecule has 1 saturated heterocycles. The van der Waals surface area contributed by atoms with E-state index in [9.17, 15) is 0 Å². The van der Waals surface area contributed by atoms with E-state index in [0.717, 1.165) is 45.0 Å². The summed E-state index contributed by atoms with van der Waals surface area (Å²) in [7, 11) is 0. The van der Waals surface area contributed by atoms with Crippen molar-refractivity contribution in [3.05, 3.63) is 24.3 Å². The van der Waals surface area contributed by atoms with Crippen LogP contribution in [0.2, 0.25) is 0 Å². The highest BCUT2D eigenvalue weighted by Crippen LogP contribution is 2.21. The van der Waals surface area contributed by atoms with E-state index < -0.39 is 0 Å². The Balaban J connectivity index is 2.03. The second-order valence-corrected chi connectivity index (χ2v) is 4.44. The summed E-state index contributed by atoms with van der Waals surface area (Å²) in [6.45, 7) is 7.33. The lowest BCUT2D eigenvalue weighted by Crippen LogP contribution is -2.27. The molecular formula is C14H22N2O. The summed E-state index contributed by atoms with van der Waals surface area (Å²) in [6, 6.07) is 8.44. The molecule has 0 saturated carbocycles. The van der Waals surface area contributed by atoms with E-state index in [0.29, 0.717) is 0 Å². The summed E-state index contributed by atoms with van der Waals surface area (Å²) in [5.41, 5.74) is 1.28. The largest absolute Gasteiger partial charge is 0.494 e. The minimum Gasteiger partial charge on any atom is -0.494 e. The molecule has 1 aliphatic rings. The third-order valence-electron chi connectivity index (χ3n) is 3.00. The van der Waals surface area contributed by atoms with E-state index in [4.69, 9.17) is 4.74 Å². The summed E-state index contributed by atoms with van der Waals surface area (Å²) >= 11 is 0. The predicted molar refractivity (Wildman–Crippen MR) is 71.9 cm³/mol. The molecule has 17 heavy (non-hydrogen) atoms. The number of nitrogens with zero attached hydrogens (tertiary/aromatic N) is 1. The first-order valence-corrected chi connectivity index (χ1v) is 6.58. The molecule has 1 aromatic carbocycles. The Bertz CT molecular complexity index is 333. The van der Waals surface area contributed by atoms with Gasteiger partial charge in [0.2, 0.25) is 0 Å². The lowest BCUT2D eigenvalue weighted by atomic mass is 10.2. The zero-order valence-electron chi connectivity index (χ0n) is 10.6. The highest BCUT2D eigenvalue weighted by molar-refractivity contribution is 5.50. The highest BCUT2D eigenvalue weighted by Gasteiger charge is 2.09. The Hall–Kier alpha value is -1.22. The molecule has 1 N–H and O–H groups in total. The van der Waals surface area contributed by atoms with Gasteiger partial charge in [-0.05, 0) is 31.5 Å². The average Bonchev–Trinajstić information content (AvgIpc) is 2.65. The third-order valence-corrected chi connectivity index (χ3v) is 3.00. The Labute approximate surface area is 104 Å². The monoisotopic (exact) mass is 234 g/mol. The van der Waals surface area contributed by atoms with Crippen molar-refractivity contribution in [1.29, 1.82) is 0 Å². The van der Waals surface area contributed by atoms with Crippen LogP contribution in [-0.2, 0) is 0 Å². The number of ether oxygens (including phenoxy) is 1. The Kier molecular flexibility index (Phi) is 4.68. The first-order chi connectivity index (χ1) is 8.40. The molecule has 0 atom stereocenters. The van der Waals surface area contributed by atoms with Gasteiger partial charge in [0.05, 0.1) is 6.61 Å². The topological polar surface area (TPSA) is 24.5 Å². The smallest absolute Gasteiger partial charge is 0.121 e. The van der Waals surface area contributed by atoms with Crippen molar-refractivity contribution in [2.45, 2.75) is 19.8 Å². The van der Waals surface area contributed by atoms with Gasteiger partial charge in [-0.1, -0.05) is 13.0 Å². The van der Waals surface area contributed by atoms with E-state index >= 15 is 0 Å². The van der Waals surface area contributed by atoms with Crippen molar-refractivity contribution in [2.75, 3.05) is 37.7 Å². The van der Waals surface area contributed by atoms with Gasteiger partial charge >= 0.3 is 0 Å². The van der Waals surface area contributed by atoms with Crippen LogP contribution in [0.5, 0.6) is 5.75 Å². The fourth-order valence-electron chi connectivity index (χ4n) is 2.09. The van der Waals surface area contributed by atoms with Crippen LogP contribution < -0.4 is 15.0 Å². The number of hydrogen-bond donors (Lipinski definition) is 1. The van der Waals surface area contributed by atoms with Crippen molar-refractivity contribution < 1.29 is 4.74 Å². The molecule has 0 amide bonds. The Morgan fingerprint density at radius 2 is 2.24 bits per heavy atom. The van der Waals surface area contributed by atoms with Gasteiger partial charge in [-0.25, -0.2) is 0 Å². The molecule has 0 spiro atoms. The maximum absolute atomic E-state index is 5.68. The zero-order valence-corrected chi connectivity index (χ0v) is 10.6. The van der Waals surface area contributed by atoms with Crippen molar-refractivity contribution in [2.24, 2.45) is 0 Å². The predicted octanol–water partition coefficient (Wildman–Crippen LogP) is 2.28. The van der Waals surface area contributed by atoms with Crippen LogP contribution in [0, 0.1) is 0 Å². The summed E-state index contributed by atoms with van der Waals surface area (Å²) in [4.78, 5) is 2.43. The van der Waals surface area contributed by atoms with Gasteiger partial charge in [0.15, 0.2) is 0 Å². The van der Waals surface area contributed by atoms with Crippen molar-refractivity contribution >= 4 is 5.69 Å². The molecule has 3 nitrogen and oxygen atoms in total. The summed E-state index contributed by atoms with van der Waals surface area (Å²) in [5.74, 6) is 0.988. The van der Waals surface area contributed by atoms with E-state index in [-0.39, 0.29) is 0 Å². The van der Waals surface area contributed by atoms with Crippen LogP contribution in [0.4, 0.5) is 5.69 Å². The molecule has 0 aromatic heterocycles. The van der Waals surface area contributed by atoms with Crippen LogP contribution in [0.1, 0.15) is 19.8 Å². The van der Waals surface area contributed by atoms with E-state index in [1.165, 1.54) is 12.1 Å². The molecule has 1 aromatic rings. The first-order valence-electron chi connectivity index (χ1n) is 6.58. The van der Waals surface area contributed by atoms with Gasteiger partial charge in [-0.15, -0.1) is 0 Å². The van der Waals surface area contributed by atoms with Crippen LogP contribution in [-0.4, -0.2) is 32.8 Å². The second-order valence-electron chi connectivity index (χ2n) is 4.44. The van der Waals surface area contributed by atoms with Gasteiger partial charge in [-0.3, -0.25) is 0 Å². The SMILES string of the molecule is CCCOc1cccc(N2CCCNCC2)c1. The lowest BCUT2D eigenvalue weighted by Gasteiger charge is -2.22. The van der Waals surface area contributed by atoms with Gasteiger partial charge in [0.1, 0.15) is 5.75 Å². The highest BCUT2D eigenvalue weighted by atomic mass is 16.5. The first kappa shape index (κ1) is 12.2. The number of hydrogen-bond acceptors (Lipinski definition) is 3. The lowest BCUT2D eigenvalue weighted by molar-refractivity contribution is 0.317. The molecule has 0 bridgehead atoms. The fourth-order valence-corrected chi connectivity index (χ4v) is 2.09. The standard InChI is InChI=1S/C14H22N2O/c1-2-11-17-14-6-3-5-13(12-14)16-9-4-7-15-8-10-16/h3,5-6,12,15H,2,4,7-11H2,1H3. The number of nitrogens with one attached hydrogen (secondary N) is 1. The van der Waals surface area contributed by atoms with Crippen molar-refractivity contribution in [3.8, 4) is 5.75 Å². The Morgan fingerprint density at radius 3 is 3.12 bits per heavy atom. The van der Waals surface area contributed by atoms with E-state index in [2.05, 4.69) is 35.3 Å². The summed E-state index contributed by atoms with van der Waals surface area (Å²) in [6.07, 6.45) is 2.26. The molecule has 94 valence electrons. The number of anilines is 1. The normalized spacial score (nSPS) is 16.6. The van der Waals surface area contributed by atoms with Crippen LogP contribution in [0.3, 0.4) is 0 Å². The summed E-state index contributed by atoms with van der Waals surface area (Å²) < 4.78 is 5.68. The molecule has 0 radical (unpaired) electrons. The van der Waals surface area contributed by atoms with Crippen molar-refractivity contribution in [3.63, 3.8) is 0 Å². The molecule has 3 heteroatoms. The third kappa shape index (κ3) is 3.63. The van der Waals surface area contributed by atoms with Gasteiger partial charge in [-0.2, -0.15) is 0 Å². The summed E-state index contributed by atoms with van der Waals surface area (Å²) in [5, 5.41) is 3.42. The molecule has 2 rings (SSSR count). The average molecular weight is 234 g/mol. The quantitative estimate of drug-likeness (QED) is 0.865. The van der Waals surface area contributed by atoms with Gasteiger partial charge < -0.3 is 15.0 Å². The van der Waals surface area contributed by atoms with Crippen LogP contribution in [0.25, 0.3) is 0 Å². The maximum Gasteiger partial charge on any atom is 0.121 e. The fraction of sp³-hybridized carbons (Fsp3) is 0.571. The van der Waals surface area contributed by atoms with Crippen molar-refractivity contribution in [1.82, 2.24) is 5.32 Å². The molecule has 1 heterocycles. The van der Waals surface area contributed by atoms with Crippen LogP contribution in [0.15, 0.2) is 24.3 Å². The van der Waals surface area contributed by atoms with E-state index in [1.807, 2.05) is 6.07 Å². The minimum absolute atomic E-state index is 0.797. The van der Waals surface area contributed by atoms with Gasteiger partial charge in [0.25, 0.3) is 0 Å². The molecule has 1 aliphatic heterocycles. The number of rotatable bonds is 4. The molecule has 0 aliphatic carbocycles. The van der Waals surface area contributed by atoms with Gasteiger partial charge in [0, 0.05) is 31.4 Å². The zero-order chi connectivity index (χ0) is 11.9. The van der Waals surface area contributed by atoms with E-state index in [1.54, 1.807) is 0 Å². The Morgan fingerprint density at radius 1 is 1.29 bits per heavy atom. The van der Waals surface area contributed by atoms with Crippen LogP contribution >= 0.6 is 0 Å². The minimum atomic E-state index is 0.797. The molecule has 0 unspecified atom stereocenters. The molecular weight excluding hydrogens is 212 g/mol. The molecule has 1 fully saturated rings. The maximum atomic E-state index is 5.68. The second kappa shape index (κ2) is 6.50. The number of benzene rings is 1.